The molecule has 0 bridgehead atoms. The predicted molar refractivity (Wildman–Crippen MR) is 144 cm³/mol. The fraction of sp³-hybridized carbons (Fsp3) is 0.167. The van der Waals surface area contributed by atoms with Crippen LogP contribution >= 0.6 is 11.6 Å². The van der Waals surface area contributed by atoms with Gasteiger partial charge in [0.15, 0.2) is 6.61 Å². The second-order valence-electron chi connectivity index (χ2n) is 8.61. The van der Waals surface area contributed by atoms with E-state index in [9.17, 15) is 14.0 Å². The molecule has 4 aromatic rings. The minimum Gasteiger partial charge on any atom is -0.482 e. The van der Waals surface area contributed by atoms with Crippen LogP contribution in [0.3, 0.4) is 0 Å². The van der Waals surface area contributed by atoms with Crippen LogP contribution in [0.1, 0.15) is 16.8 Å². The molecule has 8 heteroatoms. The number of nitrogens with zero attached hydrogens (tertiary/aromatic N) is 2. The second kappa shape index (κ2) is 13.4. The van der Waals surface area contributed by atoms with Crippen molar-refractivity contribution in [2.45, 2.75) is 25.6 Å². The minimum absolute atomic E-state index is 0.0828. The number of benzene rings is 3. The molecule has 3 aromatic carbocycles. The van der Waals surface area contributed by atoms with Gasteiger partial charge < -0.3 is 15.0 Å². The Morgan fingerprint density at radius 2 is 1.61 bits per heavy atom. The quantitative estimate of drug-likeness (QED) is 0.288. The molecule has 0 saturated carbocycles. The van der Waals surface area contributed by atoms with Gasteiger partial charge in [0.05, 0.1) is 17.3 Å². The normalized spacial score (nSPS) is 11.4. The average Bonchev–Trinajstić information content (AvgIpc) is 2.95. The molecule has 1 N–H and O–H groups in total. The van der Waals surface area contributed by atoms with Crippen LogP contribution in [-0.4, -0.2) is 34.3 Å². The largest absolute Gasteiger partial charge is 0.482 e. The van der Waals surface area contributed by atoms with Crippen LogP contribution in [0.15, 0.2) is 103 Å². The number of rotatable bonds is 11. The number of nitrogens with one attached hydrogen (secondary N) is 1. The Balaban J connectivity index is 1.61. The Labute approximate surface area is 226 Å². The van der Waals surface area contributed by atoms with Crippen molar-refractivity contribution >= 4 is 23.4 Å². The first-order valence-corrected chi connectivity index (χ1v) is 12.5. The zero-order valence-electron chi connectivity index (χ0n) is 20.6. The van der Waals surface area contributed by atoms with Crippen molar-refractivity contribution in [2.75, 3.05) is 6.61 Å². The summed E-state index contributed by atoms with van der Waals surface area (Å²) < 4.78 is 19.3. The Morgan fingerprint density at radius 3 is 2.32 bits per heavy atom. The van der Waals surface area contributed by atoms with Crippen LogP contribution in [0.2, 0.25) is 5.02 Å². The monoisotopic (exact) mass is 531 g/mol. The maximum Gasteiger partial charge on any atom is 0.261 e. The lowest BCUT2D eigenvalue weighted by molar-refractivity contribution is -0.142. The van der Waals surface area contributed by atoms with Gasteiger partial charge in [0, 0.05) is 19.2 Å². The lowest BCUT2D eigenvalue weighted by Gasteiger charge is -2.31. The fourth-order valence-electron chi connectivity index (χ4n) is 3.92. The number of carbonyl (C=O) groups is 2. The van der Waals surface area contributed by atoms with Gasteiger partial charge in [-0.15, -0.1) is 0 Å². The zero-order valence-corrected chi connectivity index (χ0v) is 21.4. The van der Waals surface area contributed by atoms with Gasteiger partial charge in [-0.2, -0.15) is 0 Å². The first-order chi connectivity index (χ1) is 18.5. The number of ether oxygens (including phenoxy) is 1. The summed E-state index contributed by atoms with van der Waals surface area (Å²) in [6.45, 7) is -0.0388. The molecule has 1 unspecified atom stereocenters. The van der Waals surface area contributed by atoms with Gasteiger partial charge >= 0.3 is 0 Å². The van der Waals surface area contributed by atoms with E-state index in [1.54, 1.807) is 48.7 Å². The number of hydrogen-bond acceptors (Lipinski definition) is 4. The number of hydrogen-bond donors (Lipinski definition) is 1. The molecule has 0 aliphatic heterocycles. The van der Waals surface area contributed by atoms with Gasteiger partial charge in [0.1, 0.15) is 17.6 Å². The molecular formula is C30H27ClFN3O3. The van der Waals surface area contributed by atoms with Gasteiger partial charge in [0.2, 0.25) is 5.91 Å². The lowest BCUT2D eigenvalue weighted by atomic mass is 10.0. The molecule has 1 heterocycles. The number of aromatic nitrogens is 1. The summed E-state index contributed by atoms with van der Waals surface area (Å²) in [6, 6.07) is 26.7. The first-order valence-electron chi connectivity index (χ1n) is 12.1. The highest BCUT2D eigenvalue weighted by Gasteiger charge is 2.31. The van der Waals surface area contributed by atoms with E-state index in [1.165, 1.54) is 17.0 Å². The van der Waals surface area contributed by atoms with E-state index in [0.29, 0.717) is 22.0 Å². The summed E-state index contributed by atoms with van der Waals surface area (Å²) in [5.74, 6) is -0.776. The fourth-order valence-corrected chi connectivity index (χ4v) is 4.11. The van der Waals surface area contributed by atoms with Crippen LogP contribution in [-0.2, 0) is 29.1 Å². The molecule has 1 atom stereocenters. The van der Waals surface area contributed by atoms with Gasteiger partial charge in [-0.25, -0.2) is 4.39 Å². The predicted octanol–water partition coefficient (Wildman–Crippen LogP) is 5.21. The van der Waals surface area contributed by atoms with Crippen LogP contribution in [0, 0.1) is 5.82 Å². The standard InChI is InChI=1S/C30H27ClFN3O3/c31-26-11-4-5-12-28(26)38-21-29(36)35(20-23-13-15-24(32)16-14-23)27(18-22-8-2-1-3-9-22)30(37)34-19-25-10-6-7-17-33-25/h1-17,27H,18-21H2,(H,34,37). The Morgan fingerprint density at radius 1 is 0.895 bits per heavy atom. The van der Waals surface area contributed by atoms with Gasteiger partial charge in [-0.1, -0.05) is 72.3 Å². The summed E-state index contributed by atoms with van der Waals surface area (Å²) >= 11 is 6.20. The smallest absolute Gasteiger partial charge is 0.261 e. The number of carbonyl (C=O) groups excluding carboxylic acids is 2. The molecule has 0 fully saturated rings. The van der Waals surface area contributed by atoms with Crippen molar-refractivity contribution in [3.05, 3.63) is 131 Å². The summed E-state index contributed by atoms with van der Waals surface area (Å²) in [5.41, 5.74) is 2.25. The van der Waals surface area contributed by atoms with Crippen molar-refractivity contribution in [1.29, 1.82) is 0 Å². The van der Waals surface area contributed by atoms with Gasteiger partial charge in [-0.05, 0) is 47.5 Å². The number of para-hydroxylation sites is 1. The molecule has 0 radical (unpaired) electrons. The Hall–Kier alpha value is -4.23. The molecule has 0 saturated heterocycles. The van der Waals surface area contributed by atoms with Crippen molar-refractivity contribution in [2.24, 2.45) is 0 Å². The Kier molecular flexibility index (Phi) is 9.43. The maximum absolute atomic E-state index is 13.6. The zero-order chi connectivity index (χ0) is 26.7. The second-order valence-corrected chi connectivity index (χ2v) is 9.02. The molecule has 2 amide bonds. The maximum atomic E-state index is 13.6. The third kappa shape index (κ3) is 7.63. The van der Waals surface area contributed by atoms with E-state index < -0.39 is 11.9 Å². The van der Waals surface area contributed by atoms with E-state index in [0.717, 1.165) is 5.56 Å². The van der Waals surface area contributed by atoms with Gasteiger partial charge in [-0.3, -0.25) is 14.6 Å². The molecule has 0 aliphatic rings. The van der Waals surface area contributed by atoms with E-state index >= 15 is 0 Å². The van der Waals surface area contributed by atoms with E-state index in [-0.39, 0.29) is 37.8 Å². The van der Waals surface area contributed by atoms with Crippen molar-refractivity contribution in [1.82, 2.24) is 15.2 Å². The first kappa shape index (κ1) is 26.8. The molecule has 194 valence electrons. The summed E-state index contributed by atoms with van der Waals surface area (Å²) in [7, 11) is 0. The number of halogens is 2. The summed E-state index contributed by atoms with van der Waals surface area (Å²) in [5, 5.41) is 3.29. The molecule has 0 aliphatic carbocycles. The molecule has 4 rings (SSSR count). The van der Waals surface area contributed by atoms with E-state index in [1.807, 2.05) is 42.5 Å². The lowest BCUT2D eigenvalue weighted by Crippen LogP contribution is -2.51. The molecule has 0 spiro atoms. The third-order valence-corrected chi connectivity index (χ3v) is 6.21. The number of amides is 2. The third-order valence-electron chi connectivity index (χ3n) is 5.89. The minimum atomic E-state index is -0.867. The van der Waals surface area contributed by atoms with Crippen molar-refractivity contribution in [3.63, 3.8) is 0 Å². The van der Waals surface area contributed by atoms with Crippen LogP contribution in [0.5, 0.6) is 5.75 Å². The highest BCUT2D eigenvalue weighted by atomic mass is 35.5. The molecule has 1 aromatic heterocycles. The number of pyridine rings is 1. The molecule has 38 heavy (non-hydrogen) atoms. The summed E-state index contributed by atoms with van der Waals surface area (Å²) in [6.07, 6.45) is 1.92. The van der Waals surface area contributed by atoms with Crippen LogP contribution in [0.4, 0.5) is 4.39 Å². The van der Waals surface area contributed by atoms with E-state index in [4.69, 9.17) is 16.3 Å². The molecule has 6 nitrogen and oxygen atoms in total. The van der Waals surface area contributed by atoms with Crippen molar-refractivity contribution < 1.29 is 18.7 Å². The average molecular weight is 532 g/mol. The Bertz CT molecular complexity index is 1340. The van der Waals surface area contributed by atoms with Crippen molar-refractivity contribution in [3.8, 4) is 5.75 Å². The van der Waals surface area contributed by atoms with Crippen LogP contribution < -0.4 is 10.1 Å². The van der Waals surface area contributed by atoms with Gasteiger partial charge in [0.25, 0.3) is 5.91 Å². The van der Waals surface area contributed by atoms with E-state index in [2.05, 4.69) is 10.3 Å². The molecular weight excluding hydrogens is 505 g/mol. The highest BCUT2D eigenvalue weighted by molar-refractivity contribution is 6.32. The summed E-state index contributed by atoms with van der Waals surface area (Å²) in [4.78, 5) is 32.9. The topological polar surface area (TPSA) is 71.5 Å². The SMILES string of the molecule is O=C(NCc1ccccn1)C(Cc1ccccc1)N(Cc1ccc(F)cc1)C(=O)COc1ccccc1Cl. The van der Waals surface area contributed by atoms with Crippen LogP contribution in [0.25, 0.3) is 0 Å². The highest BCUT2D eigenvalue weighted by Crippen LogP contribution is 2.23.